The summed E-state index contributed by atoms with van der Waals surface area (Å²) in [7, 11) is 0. The van der Waals surface area contributed by atoms with Crippen LogP contribution in [0.15, 0.2) is 0 Å². The van der Waals surface area contributed by atoms with Gasteiger partial charge in [0.05, 0.1) is 6.04 Å². The molecule has 1 aliphatic heterocycles. The lowest BCUT2D eigenvalue weighted by molar-refractivity contribution is -0.125. The SMILES string of the molecule is CCC(C(N)=O)N1CCCC(C)C1CN. The molecule has 4 nitrogen and oxygen atoms in total. The van der Waals surface area contributed by atoms with Gasteiger partial charge in [0, 0.05) is 12.6 Å². The number of nitrogens with two attached hydrogens (primary N) is 2. The monoisotopic (exact) mass is 213 g/mol. The third-order valence-corrected chi connectivity index (χ3v) is 3.52. The number of hydrogen-bond acceptors (Lipinski definition) is 3. The molecule has 3 unspecified atom stereocenters. The largest absolute Gasteiger partial charge is 0.368 e. The lowest BCUT2D eigenvalue weighted by Crippen LogP contribution is -2.56. The molecule has 1 saturated heterocycles. The molecule has 1 aliphatic rings. The summed E-state index contributed by atoms with van der Waals surface area (Å²) in [5.74, 6) is 0.349. The van der Waals surface area contributed by atoms with Crippen LogP contribution in [0.3, 0.4) is 0 Å². The van der Waals surface area contributed by atoms with Crippen molar-refractivity contribution in [3.05, 3.63) is 0 Å². The molecule has 0 aromatic rings. The molecule has 4 heteroatoms. The van der Waals surface area contributed by atoms with Crippen molar-refractivity contribution in [2.24, 2.45) is 17.4 Å². The maximum atomic E-state index is 11.3. The molecule has 0 aromatic carbocycles. The minimum absolute atomic E-state index is 0.138. The van der Waals surface area contributed by atoms with Crippen LogP contribution in [0.2, 0.25) is 0 Å². The quantitative estimate of drug-likeness (QED) is 0.706. The van der Waals surface area contributed by atoms with Crippen molar-refractivity contribution in [2.75, 3.05) is 13.1 Å². The van der Waals surface area contributed by atoms with Crippen molar-refractivity contribution in [1.29, 1.82) is 0 Å². The van der Waals surface area contributed by atoms with Crippen LogP contribution in [-0.4, -0.2) is 36.0 Å². The summed E-state index contributed by atoms with van der Waals surface area (Å²) < 4.78 is 0. The van der Waals surface area contributed by atoms with E-state index >= 15 is 0 Å². The lowest BCUT2D eigenvalue weighted by atomic mass is 9.89. The van der Waals surface area contributed by atoms with E-state index in [0.717, 1.165) is 19.4 Å². The fraction of sp³-hybridized carbons (Fsp3) is 0.909. The van der Waals surface area contributed by atoms with E-state index in [1.54, 1.807) is 0 Å². The van der Waals surface area contributed by atoms with Crippen LogP contribution in [0, 0.1) is 5.92 Å². The Kier molecular flexibility index (Phi) is 4.54. The smallest absolute Gasteiger partial charge is 0.234 e. The van der Waals surface area contributed by atoms with E-state index in [1.807, 2.05) is 6.92 Å². The van der Waals surface area contributed by atoms with Crippen LogP contribution in [0.5, 0.6) is 0 Å². The van der Waals surface area contributed by atoms with Crippen molar-refractivity contribution < 1.29 is 4.79 Å². The zero-order chi connectivity index (χ0) is 11.4. The molecule has 0 bridgehead atoms. The van der Waals surface area contributed by atoms with Gasteiger partial charge in [0.15, 0.2) is 0 Å². The Balaban J connectivity index is 2.75. The highest BCUT2D eigenvalue weighted by molar-refractivity contribution is 5.79. The average Bonchev–Trinajstić information content (AvgIpc) is 2.18. The molecule has 1 fully saturated rings. The molecule has 1 amide bonds. The minimum Gasteiger partial charge on any atom is -0.368 e. The van der Waals surface area contributed by atoms with Crippen LogP contribution < -0.4 is 11.5 Å². The number of likely N-dealkylation sites (tertiary alicyclic amines) is 1. The van der Waals surface area contributed by atoms with Gasteiger partial charge >= 0.3 is 0 Å². The van der Waals surface area contributed by atoms with Crippen molar-refractivity contribution in [3.63, 3.8) is 0 Å². The molecule has 0 aromatic heterocycles. The predicted octanol–water partition coefficient (Wildman–Crippen LogP) is 0.310. The van der Waals surface area contributed by atoms with Crippen molar-refractivity contribution in [2.45, 2.75) is 45.2 Å². The first-order valence-electron chi connectivity index (χ1n) is 5.86. The molecule has 1 rings (SSSR count). The zero-order valence-corrected chi connectivity index (χ0v) is 9.78. The number of hydrogen-bond donors (Lipinski definition) is 2. The van der Waals surface area contributed by atoms with E-state index in [-0.39, 0.29) is 11.9 Å². The average molecular weight is 213 g/mol. The van der Waals surface area contributed by atoms with Crippen molar-refractivity contribution in [3.8, 4) is 0 Å². The van der Waals surface area contributed by atoms with E-state index in [4.69, 9.17) is 11.5 Å². The molecule has 15 heavy (non-hydrogen) atoms. The van der Waals surface area contributed by atoms with Gasteiger partial charge in [-0.3, -0.25) is 9.69 Å². The second-order valence-electron chi connectivity index (χ2n) is 4.49. The molecule has 88 valence electrons. The van der Waals surface area contributed by atoms with Gasteiger partial charge < -0.3 is 11.5 Å². The Morgan fingerprint density at radius 1 is 1.60 bits per heavy atom. The molecule has 0 spiro atoms. The van der Waals surface area contributed by atoms with Crippen LogP contribution in [0.4, 0.5) is 0 Å². The number of carbonyl (C=O) groups is 1. The normalized spacial score (nSPS) is 30.1. The Morgan fingerprint density at radius 3 is 2.73 bits per heavy atom. The van der Waals surface area contributed by atoms with Crippen molar-refractivity contribution in [1.82, 2.24) is 4.90 Å². The van der Waals surface area contributed by atoms with E-state index in [9.17, 15) is 4.79 Å². The van der Waals surface area contributed by atoms with Gasteiger partial charge in [-0.05, 0) is 31.7 Å². The first kappa shape index (κ1) is 12.5. The first-order chi connectivity index (χ1) is 7.11. The number of piperidine rings is 1. The highest BCUT2D eigenvalue weighted by Gasteiger charge is 2.33. The van der Waals surface area contributed by atoms with Crippen molar-refractivity contribution >= 4 is 5.91 Å². The molecule has 0 radical (unpaired) electrons. The van der Waals surface area contributed by atoms with Gasteiger partial charge in [0.1, 0.15) is 0 Å². The van der Waals surface area contributed by atoms with Gasteiger partial charge in [-0.2, -0.15) is 0 Å². The van der Waals surface area contributed by atoms with Gasteiger partial charge in [0.25, 0.3) is 0 Å². The number of nitrogens with zero attached hydrogens (tertiary/aromatic N) is 1. The summed E-state index contributed by atoms with van der Waals surface area (Å²) in [6.45, 7) is 5.78. The van der Waals surface area contributed by atoms with Crippen LogP contribution >= 0.6 is 0 Å². The maximum Gasteiger partial charge on any atom is 0.234 e. The van der Waals surface area contributed by atoms with Gasteiger partial charge in [0.2, 0.25) is 5.91 Å². The Morgan fingerprint density at radius 2 is 2.27 bits per heavy atom. The fourth-order valence-electron chi connectivity index (χ4n) is 2.63. The molecular formula is C11H23N3O. The summed E-state index contributed by atoms with van der Waals surface area (Å²) in [5.41, 5.74) is 11.2. The lowest BCUT2D eigenvalue weighted by Gasteiger charge is -2.42. The number of rotatable bonds is 4. The van der Waals surface area contributed by atoms with Gasteiger partial charge in [-0.25, -0.2) is 0 Å². The van der Waals surface area contributed by atoms with Crippen LogP contribution in [0.1, 0.15) is 33.1 Å². The van der Waals surface area contributed by atoms with E-state index in [0.29, 0.717) is 18.5 Å². The Labute approximate surface area is 92.0 Å². The summed E-state index contributed by atoms with van der Waals surface area (Å²) in [5, 5.41) is 0. The topological polar surface area (TPSA) is 72.4 Å². The summed E-state index contributed by atoms with van der Waals surface area (Å²) in [6.07, 6.45) is 3.12. The third-order valence-electron chi connectivity index (χ3n) is 3.52. The van der Waals surface area contributed by atoms with E-state index in [1.165, 1.54) is 6.42 Å². The van der Waals surface area contributed by atoms with Gasteiger partial charge in [-0.1, -0.05) is 13.8 Å². The maximum absolute atomic E-state index is 11.3. The summed E-state index contributed by atoms with van der Waals surface area (Å²) in [4.78, 5) is 13.5. The minimum atomic E-state index is -0.218. The third kappa shape index (κ3) is 2.69. The zero-order valence-electron chi connectivity index (χ0n) is 9.78. The van der Waals surface area contributed by atoms with E-state index in [2.05, 4.69) is 11.8 Å². The predicted molar refractivity (Wildman–Crippen MR) is 61.2 cm³/mol. The summed E-state index contributed by atoms with van der Waals surface area (Å²) >= 11 is 0. The molecular weight excluding hydrogens is 190 g/mol. The van der Waals surface area contributed by atoms with Gasteiger partial charge in [-0.15, -0.1) is 0 Å². The number of carbonyl (C=O) groups excluding carboxylic acids is 1. The second-order valence-corrected chi connectivity index (χ2v) is 4.49. The summed E-state index contributed by atoms with van der Waals surface area (Å²) in [6, 6.07) is 0.178. The molecule has 0 saturated carbocycles. The standard InChI is InChI=1S/C11H23N3O/c1-3-9(11(13)15)14-6-4-5-8(2)10(14)7-12/h8-10H,3-7,12H2,1-2H3,(H2,13,15). The Hall–Kier alpha value is -0.610. The Bertz CT molecular complexity index is 220. The fourth-order valence-corrected chi connectivity index (χ4v) is 2.63. The number of primary amides is 1. The molecule has 3 atom stereocenters. The molecule has 4 N–H and O–H groups in total. The highest BCUT2D eigenvalue weighted by Crippen LogP contribution is 2.25. The molecule has 1 heterocycles. The first-order valence-corrected chi connectivity index (χ1v) is 5.86. The highest BCUT2D eigenvalue weighted by atomic mass is 16.1. The molecule has 0 aliphatic carbocycles. The number of amides is 1. The van der Waals surface area contributed by atoms with Crippen LogP contribution in [-0.2, 0) is 4.79 Å². The van der Waals surface area contributed by atoms with E-state index < -0.39 is 0 Å². The van der Waals surface area contributed by atoms with Crippen LogP contribution in [0.25, 0.3) is 0 Å². The second kappa shape index (κ2) is 5.47.